The van der Waals surface area contributed by atoms with Crippen molar-refractivity contribution in [3.05, 3.63) is 46.7 Å². The Balaban J connectivity index is 2.14. The molecule has 0 saturated carbocycles. The summed E-state index contributed by atoms with van der Waals surface area (Å²) < 4.78 is 69.4. The summed E-state index contributed by atoms with van der Waals surface area (Å²) in [6.07, 6.45) is -4.53. The van der Waals surface area contributed by atoms with Gasteiger partial charge in [-0.05, 0) is 31.9 Å². The van der Waals surface area contributed by atoms with E-state index >= 15 is 0 Å². The van der Waals surface area contributed by atoms with Crippen LogP contribution in [0.1, 0.15) is 37.4 Å². The zero-order valence-corrected chi connectivity index (χ0v) is 17.1. The summed E-state index contributed by atoms with van der Waals surface area (Å²) in [6.45, 7) is 2.95. The Morgan fingerprint density at radius 3 is 2.53 bits per heavy atom. The van der Waals surface area contributed by atoms with Gasteiger partial charge >= 0.3 is 18.2 Å². The second-order valence-electron chi connectivity index (χ2n) is 7.11. The molecule has 2 aliphatic heterocycles. The molecule has 0 aromatic heterocycles. The second kappa shape index (κ2) is 7.93. The number of urea groups is 1. The molecule has 11 heteroatoms. The zero-order chi connectivity index (χ0) is 22.3. The van der Waals surface area contributed by atoms with Crippen molar-refractivity contribution in [3.63, 3.8) is 0 Å². The average Bonchev–Trinajstić information content (AvgIpc) is 3.00. The first kappa shape index (κ1) is 22.1. The number of hydrogen-bond donors (Lipinski definition) is 1. The molecular formula is C19H21F3N2O5S. The van der Waals surface area contributed by atoms with Gasteiger partial charge in [0, 0.05) is 5.70 Å². The van der Waals surface area contributed by atoms with Gasteiger partial charge in [-0.1, -0.05) is 18.2 Å². The molecule has 0 spiro atoms. The van der Waals surface area contributed by atoms with Crippen molar-refractivity contribution < 1.29 is 35.9 Å². The maximum Gasteiger partial charge on any atom is 0.416 e. The monoisotopic (exact) mass is 446 g/mol. The third-order valence-corrected chi connectivity index (χ3v) is 6.92. The van der Waals surface area contributed by atoms with Gasteiger partial charge in [-0.3, -0.25) is 4.90 Å². The maximum atomic E-state index is 13.6. The Morgan fingerprint density at radius 1 is 1.30 bits per heavy atom. The van der Waals surface area contributed by atoms with Crippen molar-refractivity contribution in [1.82, 2.24) is 10.2 Å². The topological polar surface area (TPSA) is 92.8 Å². The van der Waals surface area contributed by atoms with Crippen LogP contribution in [0.5, 0.6) is 0 Å². The highest BCUT2D eigenvalue weighted by atomic mass is 32.2. The van der Waals surface area contributed by atoms with Gasteiger partial charge in [-0.2, -0.15) is 13.2 Å². The van der Waals surface area contributed by atoms with Crippen LogP contribution in [0, 0.1) is 0 Å². The van der Waals surface area contributed by atoms with Gasteiger partial charge in [0.1, 0.15) is 0 Å². The zero-order valence-electron chi connectivity index (χ0n) is 16.3. The Labute approximate surface area is 171 Å². The summed E-state index contributed by atoms with van der Waals surface area (Å²) in [5.74, 6) is -1.26. The number of halogens is 3. The van der Waals surface area contributed by atoms with Gasteiger partial charge in [-0.15, -0.1) is 0 Å². The number of nitrogens with zero attached hydrogens (tertiary/aromatic N) is 1. The number of alkyl halides is 3. The third kappa shape index (κ3) is 4.16. The number of sulfone groups is 1. The number of esters is 1. The lowest BCUT2D eigenvalue weighted by atomic mass is 9.90. The fourth-order valence-corrected chi connectivity index (χ4v) is 5.59. The minimum absolute atomic E-state index is 0.0188. The molecule has 1 N–H and O–H groups in total. The predicted octanol–water partition coefficient (Wildman–Crippen LogP) is 2.80. The van der Waals surface area contributed by atoms with Crippen molar-refractivity contribution in [1.29, 1.82) is 0 Å². The highest BCUT2D eigenvalue weighted by Gasteiger charge is 2.45. The third-order valence-electron chi connectivity index (χ3n) is 5.17. The lowest BCUT2D eigenvalue weighted by Crippen LogP contribution is -2.52. The van der Waals surface area contributed by atoms with E-state index in [1.165, 1.54) is 25.1 Å². The summed E-state index contributed by atoms with van der Waals surface area (Å²) in [5, 5.41) is 2.45. The molecule has 1 saturated heterocycles. The molecule has 1 aromatic rings. The summed E-state index contributed by atoms with van der Waals surface area (Å²) in [5.41, 5.74) is -1.35. The van der Waals surface area contributed by atoms with Gasteiger partial charge in [0.25, 0.3) is 0 Å². The molecule has 1 aromatic carbocycles. The van der Waals surface area contributed by atoms with Crippen LogP contribution >= 0.6 is 0 Å². The minimum atomic E-state index is -4.70. The van der Waals surface area contributed by atoms with E-state index in [1.807, 2.05) is 0 Å². The summed E-state index contributed by atoms with van der Waals surface area (Å²) in [4.78, 5) is 26.7. The van der Waals surface area contributed by atoms with Crippen molar-refractivity contribution in [3.8, 4) is 0 Å². The van der Waals surface area contributed by atoms with Crippen molar-refractivity contribution in [2.45, 2.75) is 38.5 Å². The fourth-order valence-electron chi connectivity index (χ4n) is 3.89. The number of nitrogens with one attached hydrogen (secondary N) is 1. The molecule has 3 rings (SSSR count). The molecule has 164 valence electrons. The molecule has 0 radical (unpaired) electrons. The number of carbonyl (C=O) groups is 2. The first-order chi connectivity index (χ1) is 14.0. The van der Waals surface area contributed by atoms with E-state index < -0.39 is 45.7 Å². The number of carbonyl (C=O) groups excluding carboxylic acids is 2. The van der Waals surface area contributed by atoms with Gasteiger partial charge in [0.2, 0.25) is 0 Å². The SMILES string of the molecule is CCOC(=O)C1=C(C)N([C@@H]2CCS(=O)(=O)C2)C(=O)N[C@@H]1c1ccccc1C(F)(F)F. The smallest absolute Gasteiger partial charge is 0.416 e. The molecule has 30 heavy (non-hydrogen) atoms. The first-order valence-electron chi connectivity index (χ1n) is 9.30. The summed E-state index contributed by atoms with van der Waals surface area (Å²) >= 11 is 0. The summed E-state index contributed by atoms with van der Waals surface area (Å²) in [6, 6.07) is 1.80. The molecule has 2 heterocycles. The van der Waals surface area contributed by atoms with Gasteiger partial charge in [0.05, 0.1) is 41.3 Å². The van der Waals surface area contributed by atoms with E-state index in [2.05, 4.69) is 5.32 Å². The standard InChI is InChI=1S/C19H21F3N2O5S/c1-3-29-17(25)15-11(2)24(12-8-9-30(27,28)10-12)18(26)23-16(15)13-6-4-5-7-14(13)19(20,21)22/h4-7,12,16H,3,8-10H2,1-2H3,(H,23,26)/t12-,16-/m1/s1. The van der Waals surface area contributed by atoms with Crippen LogP contribution in [0.25, 0.3) is 0 Å². The minimum Gasteiger partial charge on any atom is -0.463 e. The molecule has 2 amide bonds. The average molecular weight is 446 g/mol. The lowest BCUT2D eigenvalue weighted by molar-refractivity contribution is -0.141. The van der Waals surface area contributed by atoms with E-state index in [0.717, 1.165) is 11.0 Å². The number of amides is 2. The number of hydrogen-bond acceptors (Lipinski definition) is 5. The number of benzene rings is 1. The normalized spacial score (nSPS) is 24.0. The highest BCUT2D eigenvalue weighted by molar-refractivity contribution is 7.91. The van der Waals surface area contributed by atoms with Gasteiger partial charge in [-0.25, -0.2) is 18.0 Å². The molecule has 1 fully saturated rings. The first-order valence-corrected chi connectivity index (χ1v) is 11.1. The Morgan fingerprint density at radius 2 is 1.97 bits per heavy atom. The van der Waals surface area contributed by atoms with Crippen LogP contribution in [-0.4, -0.2) is 49.5 Å². The van der Waals surface area contributed by atoms with Crippen molar-refractivity contribution >= 4 is 21.8 Å². The molecule has 7 nitrogen and oxygen atoms in total. The Bertz CT molecular complexity index is 1000. The number of allylic oxidation sites excluding steroid dienone is 1. The molecular weight excluding hydrogens is 425 g/mol. The van der Waals surface area contributed by atoms with E-state index in [0.29, 0.717) is 0 Å². The van der Waals surface area contributed by atoms with E-state index in [9.17, 15) is 31.2 Å². The van der Waals surface area contributed by atoms with Crippen molar-refractivity contribution in [2.24, 2.45) is 0 Å². The van der Waals surface area contributed by atoms with Crippen LogP contribution < -0.4 is 5.32 Å². The quantitative estimate of drug-likeness (QED) is 0.718. The number of ether oxygens (including phenoxy) is 1. The molecule has 2 atom stereocenters. The molecule has 0 bridgehead atoms. The Kier molecular flexibility index (Phi) is 5.85. The second-order valence-corrected chi connectivity index (χ2v) is 9.34. The van der Waals surface area contributed by atoms with Crippen LogP contribution in [0.4, 0.5) is 18.0 Å². The predicted molar refractivity (Wildman–Crippen MR) is 101 cm³/mol. The number of rotatable bonds is 4. The summed E-state index contributed by atoms with van der Waals surface area (Å²) in [7, 11) is -3.34. The maximum absolute atomic E-state index is 13.6. The van der Waals surface area contributed by atoms with Crippen LogP contribution in [-0.2, 0) is 25.5 Å². The van der Waals surface area contributed by atoms with Gasteiger partial charge < -0.3 is 10.1 Å². The Hall–Kier alpha value is -2.56. The van der Waals surface area contributed by atoms with Crippen LogP contribution in [0.2, 0.25) is 0 Å². The highest BCUT2D eigenvalue weighted by Crippen LogP contribution is 2.40. The van der Waals surface area contributed by atoms with Crippen LogP contribution in [0.15, 0.2) is 35.5 Å². The van der Waals surface area contributed by atoms with E-state index in [4.69, 9.17) is 4.74 Å². The van der Waals surface area contributed by atoms with E-state index in [-0.39, 0.29) is 41.4 Å². The molecule has 0 aliphatic carbocycles. The fraction of sp³-hybridized carbons (Fsp3) is 0.474. The molecule has 2 aliphatic rings. The van der Waals surface area contributed by atoms with E-state index in [1.54, 1.807) is 6.92 Å². The lowest BCUT2D eigenvalue weighted by Gasteiger charge is -2.38. The molecule has 0 unspecified atom stereocenters. The largest absolute Gasteiger partial charge is 0.463 e. The van der Waals surface area contributed by atoms with Crippen LogP contribution in [0.3, 0.4) is 0 Å². The van der Waals surface area contributed by atoms with Gasteiger partial charge in [0.15, 0.2) is 9.84 Å². The van der Waals surface area contributed by atoms with Crippen molar-refractivity contribution in [2.75, 3.05) is 18.1 Å².